The fourth-order valence-corrected chi connectivity index (χ4v) is 3.46. The maximum atomic E-state index is 13.0. The molecule has 0 amide bonds. The van der Waals surface area contributed by atoms with Gasteiger partial charge in [-0.05, 0) is 61.6 Å². The fourth-order valence-electron chi connectivity index (χ4n) is 3.46. The molecule has 0 unspecified atom stereocenters. The van der Waals surface area contributed by atoms with Crippen molar-refractivity contribution in [2.45, 2.75) is 59.4 Å². The molecule has 4 nitrogen and oxygen atoms in total. The minimum atomic E-state index is -0.236. The first-order valence-electron chi connectivity index (χ1n) is 11.4. The van der Waals surface area contributed by atoms with Crippen LogP contribution in [-0.2, 0) is 12.8 Å². The van der Waals surface area contributed by atoms with Gasteiger partial charge in [-0.3, -0.25) is 4.68 Å². The summed E-state index contributed by atoms with van der Waals surface area (Å²) in [4.78, 5) is 0. The van der Waals surface area contributed by atoms with Crippen molar-refractivity contribution < 1.29 is 4.39 Å². The van der Waals surface area contributed by atoms with E-state index in [-0.39, 0.29) is 5.82 Å². The van der Waals surface area contributed by atoms with Crippen LogP contribution in [0.15, 0.2) is 73.3 Å². The van der Waals surface area contributed by atoms with Crippen LogP contribution in [0.1, 0.15) is 57.7 Å². The molecule has 0 aliphatic heterocycles. The smallest absolute Gasteiger partial charge is 0.125 e. The number of benzene rings is 2. The highest BCUT2D eigenvalue weighted by Gasteiger charge is 2.04. The van der Waals surface area contributed by atoms with E-state index >= 15 is 0 Å². The largest absolute Gasteiger partial charge is 0.270 e. The van der Waals surface area contributed by atoms with Crippen molar-refractivity contribution >= 4 is 0 Å². The zero-order valence-electron chi connectivity index (χ0n) is 19.5. The van der Waals surface area contributed by atoms with E-state index in [1.165, 1.54) is 40.8 Å². The molecule has 0 saturated carbocycles. The van der Waals surface area contributed by atoms with Gasteiger partial charge in [0.2, 0.25) is 0 Å². The minimum absolute atomic E-state index is 0.236. The Hall–Kier alpha value is -3.21. The van der Waals surface area contributed by atoms with Gasteiger partial charge in [-0.2, -0.15) is 10.2 Å². The highest BCUT2D eigenvalue weighted by atomic mass is 19.1. The molecule has 0 atom stereocenters. The summed E-state index contributed by atoms with van der Waals surface area (Å²) in [5.41, 5.74) is 5.80. The number of hydrogen-bond donors (Lipinski definition) is 0. The maximum Gasteiger partial charge on any atom is 0.125 e. The Morgan fingerprint density at radius 1 is 0.812 bits per heavy atom. The lowest BCUT2D eigenvalue weighted by molar-refractivity contribution is 0.532. The van der Waals surface area contributed by atoms with Crippen LogP contribution in [0.3, 0.4) is 0 Å². The number of aromatic nitrogens is 4. The van der Waals surface area contributed by atoms with Gasteiger partial charge in [-0.1, -0.05) is 57.0 Å². The predicted octanol–water partition coefficient (Wildman–Crippen LogP) is 7.05. The quantitative estimate of drug-likeness (QED) is 0.314. The van der Waals surface area contributed by atoms with Gasteiger partial charge in [0.15, 0.2) is 0 Å². The van der Waals surface area contributed by atoms with Crippen LogP contribution < -0.4 is 0 Å². The van der Waals surface area contributed by atoms with E-state index in [2.05, 4.69) is 68.4 Å². The number of rotatable bonds is 7. The van der Waals surface area contributed by atoms with E-state index in [1.807, 2.05) is 29.3 Å². The first-order valence-corrected chi connectivity index (χ1v) is 11.4. The van der Waals surface area contributed by atoms with E-state index in [0.717, 1.165) is 24.9 Å². The third-order valence-corrected chi connectivity index (χ3v) is 5.20. The Kier molecular flexibility index (Phi) is 8.37. The van der Waals surface area contributed by atoms with Crippen LogP contribution in [0, 0.1) is 5.82 Å². The van der Waals surface area contributed by atoms with Gasteiger partial charge in [-0.15, -0.1) is 0 Å². The van der Waals surface area contributed by atoms with E-state index in [1.54, 1.807) is 10.7 Å². The second-order valence-corrected chi connectivity index (χ2v) is 8.27. The molecule has 0 fully saturated rings. The molecular formula is C27H33FN4. The monoisotopic (exact) mass is 432 g/mol. The van der Waals surface area contributed by atoms with Gasteiger partial charge < -0.3 is 0 Å². The number of aryl methyl sites for hydroxylation is 2. The number of nitrogens with zero attached hydrogens (tertiary/aromatic N) is 4. The van der Waals surface area contributed by atoms with Crippen molar-refractivity contribution in [1.82, 2.24) is 19.6 Å². The van der Waals surface area contributed by atoms with Gasteiger partial charge in [0.25, 0.3) is 0 Å². The molecule has 4 rings (SSSR count). The van der Waals surface area contributed by atoms with Crippen LogP contribution in [0.2, 0.25) is 0 Å². The van der Waals surface area contributed by atoms with E-state index < -0.39 is 0 Å². The van der Waals surface area contributed by atoms with Gasteiger partial charge in [0.1, 0.15) is 5.82 Å². The Morgan fingerprint density at radius 2 is 1.53 bits per heavy atom. The Labute approximate surface area is 190 Å². The lowest BCUT2D eigenvalue weighted by atomic mass is 10.0. The molecular weight excluding hydrogens is 399 g/mol. The lowest BCUT2D eigenvalue weighted by Gasteiger charge is -2.03. The SMILES string of the molecule is CCCc1ccc(-c2cnn(C(C)C)c2)cc1.CCCc1cnn(-c2cccc(F)c2)c1. The van der Waals surface area contributed by atoms with Crippen LogP contribution in [0.5, 0.6) is 0 Å². The first kappa shape index (κ1) is 23.5. The number of halogens is 1. The zero-order valence-corrected chi connectivity index (χ0v) is 19.5. The van der Waals surface area contributed by atoms with Crippen molar-refractivity contribution in [1.29, 1.82) is 0 Å². The lowest BCUT2D eigenvalue weighted by Crippen LogP contribution is -1.99. The molecule has 0 spiro atoms. The summed E-state index contributed by atoms with van der Waals surface area (Å²) < 4.78 is 16.7. The second kappa shape index (κ2) is 11.4. The molecule has 168 valence electrons. The standard InChI is InChI=1S/C15H20N2.C12H13FN2/c1-4-5-13-6-8-14(9-7-13)15-10-16-17(11-15)12(2)3;1-2-4-10-8-14-15(9-10)12-6-3-5-11(13)7-12/h6-12H,4-5H2,1-3H3;3,5-9H,2,4H2,1H3. The molecule has 0 radical (unpaired) electrons. The molecule has 2 aromatic carbocycles. The van der Waals surface area contributed by atoms with Gasteiger partial charge in [0.05, 0.1) is 18.1 Å². The summed E-state index contributed by atoms with van der Waals surface area (Å²) in [6, 6.07) is 15.7. The summed E-state index contributed by atoms with van der Waals surface area (Å²) in [5.74, 6) is -0.236. The minimum Gasteiger partial charge on any atom is -0.270 e. The van der Waals surface area contributed by atoms with E-state index in [9.17, 15) is 4.39 Å². The normalized spacial score (nSPS) is 10.8. The molecule has 0 aliphatic rings. The highest BCUT2D eigenvalue weighted by Crippen LogP contribution is 2.20. The second-order valence-electron chi connectivity index (χ2n) is 8.27. The Bertz CT molecular complexity index is 1090. The van der Waals surface area contributed by atoms with E-state index in [4.69, 9.17) is 0 Å². The topological polar surface area (TPSA) is 35.6 Å². The van der Waals surface area contributed by atoms with E-state index in [0.29, 0.717) is 6.04 Å². The van der Waals surface area contributed by atoms with Gasteiger partial charge >= 0.3 is 0 Å². The summed E-state index contributed by atoms with van der Waals surface area (Å²) in [5, 5.41) is 8.56. The molecule has 2 heterocycles. The Morgan fingerprint density at radius 3 is 2.16 bits per heavy atom. The molecule has 4 aromatic rings. The average molecular weight is 433 g/mol. The molecule has 32 heavy (non-hydrogen) atoms. The van der Waals surface area contributed by atoms with Crippen molar-refractivity contribution in [2.24, 2.45) is 0 Å². The van der Waals surface area contributed by atoms with Crippen LogP contribution in [0.25, 0.3) is 16.8 Å². The Balaban J connectivity index is 0.000000182. The first-order chi connectivity index (χ1) is 15.5. The molecule has 0 saturated heterocycles. The third kappa shape index (κ3) is 6.39. The van der Waals surface area contributed by atoms with Crippen molar-refractivity contribution in [2.75, 3.05) is 0 Å². The third-order valence-electron chi connectivity index (χ3n) is 5.20. The summed E-state index contributed by atoms with van der Waals surface area (Å²) >= 11 is 0. The van der Waals surface area contributed by atoms with Crippen LogP contribution >= 0.6 is 0 Å². The van der Waals surface area contributed by atoms with Crippen LogP contribution in [-0.4, -0.2) is 19.6 Å². The van der Waals surface area contributed by atoms with Crippen LogP contribution in [0.4, 0.5) is 4.39 Å². The summed E-state index contributed by atoms with van der Waals surface area (Å²) in [6.45, 7) is 8.61. The van der Waals surface area contributed by atoms with Crippen molar-refractivity contribution in [3.05, 3.63) is 90.3 Å². The number of hydrogen-bond acceptors (Lipinski definition) is 2. The zero-order chi connectivity index (χ0) is 22.9. The summed E-state index contributed by atoms with van der Waals surface area (Å²) in [6.07, 6.45) is 12.3. The van der Waals surface area contributed by atoms with Gasteiger partial charge in [-0.25, -0.2) is 9.07 Å². The highest BCUT2D eigenvalue weighted by molar-refractivity contribution is 5.61. The molecule has 0 N–H and O–H groups in total. The molecule has 0 aliphatic carbocycles. The fraction of sp³-hybridized carbons (Fsp3) is 0.333. The molecule has 5 heteroatoms. The van der Waals surface area contributed by atoms with Crippen molar-refractivity contribution in [3.63, 3.8) is 0 Å². The maximum absolute atomic E-state index is 13.0. The average Bonchev–Trinajstić information content (AvgIpc) is 3.46. The summed E-state index contributed by atoms with van der Waals surface area (Å²) in [7, 11) is 0. The molecule has 2 aromatic heterocycles. The van der Waals surface area contributed by atoms with Gasteiger partial charge in [0, 0.05) is 24.0 Å². The molecule has 0 bridgehead atoms. The van der Waals surface area contributed by atoms with Crippen molar-refractivity contribution in [3.8, 4) is 16.8 Å². The predicted molar refractivity (Wildman–Crippen MR) is 130 cm³/mol.